The highest BCUT2D eigenvalue weighted by atomic mass is 16.5. The van der Waals surface area contributed by atoms with Crippen LogP contribution in [-0.4, -0.2) is 46.0 Å². The Hall–Kier alpha value is -2.21. The molecule has 4 aliphatic rings. The Bertz CT molecular complexity index is 759. The van der Waals surface area contributed by atoms with Crippen molar-refractivity contribution >= 4 is 11.8 Å². The first kappa shape index (κ1) is 16.0. The molecule has 0 aromatic carbocycles. The van der Waals surface area contributed by atoms with Gasteiger partial charge in [-0.3, -0.25) is 14.6 Å². The predicted molar refractivity (Wildman–Crippen MR) is 93.8 cm³/mol. The molecule has 3 aliphatic heterocycles. The molecule has 5 rings (SSSR count). The number of hydrogen-bond donors (Lipinski definition) is 1. The molecule has 1 aromatic rings. The van der Waals surface area contributed by atoms with E-state index in [0.717, 1.165) is 18.4 Å². The molecule has 1 aromatic heterocycles. The van der Waals surface area contributed by atoms with E-state index in [0.29, 0.717) is 19.1 Å². The number of hydrogen-bond acceptors (Lipinski definition) is 4. The first-order valence-corrected chi connectivity index (χ1v) is 9.52. The first-order chi connectivity index (χ1) is 12.7. The molecular weight excluding hydrogens is 330 g/mol. The maximum absolute atomic E-state index is 13.2. The molecule has 4 atom stereocenters. The van der Waals surface area contributed by atoms with Crippen LogP contribution in [0.1, 0.15) is 31.2 Å². The van der Waals surface area contributed by atoms with Crippen LogP contribution < -0.4 is 5.32 Å². The van der Waals surface area contributed by atoms with Crippen molar-refractivity contribution in [3.05, 3.63) is 42.2 Å². The van der Waals surface area contributed by atoms with E-state index in [4.69, 9.17) is 4.74 Å². The number of ether oxygens (including phenoxy) is 1. The second kappa shape index (κ2) is 5.91. The van der Waals surface area contributed by atoms with Crippen molar-refractivity contribution in [2.45, 2.75) is 50.0 Å². The molecule has 1 N–H and O–H groups in total. The van der Waals surface area contributed by atoms with E-state index in [-0.39, 0.29) is 23.8 Å². The van der Waals surface area contributed by atoms with Gasteiger partial charge in [-0.05, 0) is 30.5 Å². The highest BCUT2D eigenvalue weighted by Gasteiger charge is 2.67. The monoisotopic (exact) mass is 353 g/mol. The maximum atomic E-state index is 13.2. The lowest BCUT2D eigenvalue weighted by Crippen LogP contribution is -2.44. The van der Waals surface area contributed by atoms with Gasteiger partial charge in [0.25, 0.3) is 0 Å². The number of carbonyl (C=O) groups is 2. The van der Waals surface area contributed by atoms with Crippen molar-refractivity contribution in [2.75, 3.05) is 6.54 Å². The summed E-state index contributed by atoms with van der Waals surface area (Å²) in [5.74, 6) is -0.797. The SMILES string of the molecule is O=C(NCc1ccncc1)[C@H]1[C@H]2C=C[C@@]3(CN(C4CCCC4)C(=O)[C@@H]13)O2. The second-order valence-corrected chi connectivity index (χ2v) is 7.88. The highest BCUT2D eigenvalue weighted by molar-refractivity contribution is 5.93. The second-order valence-electron chi connectivity index (χ2n) is 7.88. The molecular formula is C20H23N3O3. The fourth-order valence-corrected chi connectivity index (χ4v) is 5.16. The van der Waals surface area contributed by atoms with E-state index in [1.54, 1.807) is 12.4 Å². The average Bonchev–Trinajstić information content (AvgIpc) is 3.42. The average molecular weight is 353 g/mol. The fraction of sp³-hybridized carbons (Fsp3) is 0.550. The summed E-state index contributed by atoms with van der Waals surface area (Å²) in [6.45, 7) is 1.04. The molecule has 1 saturated carbocycles. The quantitative estimate of drug-likeness (QED) is 0.831. The molecule has 3 fully saturated rings. The number of nitrogens with zero attached hydrogens (tertiary/aromatic N) is 2. The van der Waals surface area contributed by atoms with Crippen molar-refractivity contribution in [3.63, 3.8) is 0 Å². The van der Waals surface area contributed by atoms with Crippen LogP contribution >= 0.6 is 0 Å². The van der Waals surface area contributed by atoms with Gasteiger partial charge in [0.15, 0.2) is 0 Å². The van der Waals surface area contributed by atoms with Crippen molar-refractivity contribution in [1.82, 2.24) is 15.2 Å². The predicted octanol–water partition coefficient (Wildman–Crippen LogP) is 1.42. The summed E-state index contributed by atoms with van der Waals surface area (Å²) in [4.78, 5) is 32.1. The number of pyridine rings is 1. The minimum atomic E-state index is -0.594. The number of likely N-dealkylation sites (tertiary alicyclic amines) is 1. The molecule has 1 aliphatic carbocycles. The minimum absolute atomic E-state index is 0.0929. The third-order valence-electron chi connectivity index (χ3n) is 6.41. The Kier molecular flexibility index (Phi) is 3.64. The fourth-order valence-electron chi connectivity index (χ4n) is 5.16. The number of rotatable bonds is 4. The van der Waals surface area contributed by atoms with Crippen molar-refractivity contribution in [2.24, 2.45) is 11.8 Å². The number of carbonyl (C=O) groups excluding carboxylic acids is 2. The van der Waals surface area contributed by atoms with Crippen molar-refractivity contribution < 1.29 is 14.3 Å². The number of aromatic nitrogens is 1. The molecule has 2 amide bonds. The van der Waals surface area contributed by atoms with Crippen molar-refractivity contribution in [3.8, 4) is 0 Å². The summed E-state index contributed by atoms with van der Waals surface area (Å²) in [5.41, 5.74) is 0.399. The molecule has 2 bridgehead atoms. The van der Waals surface area contributed by atoms with Gasteiger partial charge in [0.1, 0.15) is 5.60 Å². The third-order valence-corrected chi connectivity index (χ3v) is 6.41. The summed E-state index contributed by atoms with van der Waals surface area (Å²) >= 11 is 0. The largest absolute Gasteiger partial charge is 0.360 e. The lowest BCUT2D eigenvalue weighted by Gasteiger charge is -2.27. The summed E-state index contributed by atoms with van der Waals surface area (Å²) < 4.78 is 6.19. The lowest BCUT2D eigenvalue weighted by molar-refractivity contribution is -0.138. The van der Waals surface area contributed by atoms with E-state index < -0.39 is 11.5 Å². The van der Waals surface area contributed by atoms with Crippen LogP contribution in [0.5, 0.6) is 0 Å². The van der Waals surface area contributed by atoms with Gasteiger partial charge in [0.2, 0.25) is 11.8 Å². The molecule has 6 nitrogen and oxygen atoms in total. The van der Waals surface area contributed by atoms with Crippen LogP contribution in [0.4, 0.5) is 0 Å². The minimum Gasteiger partial charge on any atom is -0.360 e. The van der Waals surface area contributed by atoms with E-state index in [1.165, 1.54) is 12.8 Å². The zero-order valence-corrected chi connectivity index (χ0v) is 14.6. The van der Waals surface area contributed by atoms with Crippen LogP contribution in [0, 0.1) is 11.8 Å². The van der Waals surface area contributed by atoms with Crippen LogP contribution in [-0.2, 0) is 20.9 Å². The Morgan fingerprint density at radius 3 is 2.85 bits per heavy atom. The molecule has 0 unspecified atom stereocenters. The first-order valence-electron chi connectivity index (χ1n) is 9.52. The van der Waals surface area contributed by atoms with Crippen LogP contribution in [0.2, 0.25) is 0 Å². The van der Waals surface area contributed by atoms with Crippen molar-refractivity contribution in [1.29, 1.82) is 0 Å². The maximum Gasteiger partial charge on any atom is 0.230 e. The van der Waals surface area contributed by atoms with E-state index in [2.05, 4.69) is 10.3 Å². The number of amides is 2. The molecule has 136 valence electrons. The summed E-state index contributed by atoms with van der Waals surface area (Å²) in [7, 11) is 0. The molecule has 6 heteroatoms. The topological polar surface area (TPSA) is 71.5 Å². The summed E-state index contributed by atoms with van der Waals surface area (Å²) in [6.07, 6.45) is 11.6. The zero-order valence-electron chi connectivity index (χ0n) is 14.6. The summed E-state index contributed by atoms with van der Waals surface area (Å²) in [6, 6.07) is 4.07. The van der Waals surface area contributed by atoms with Gasteiger partial charge in [0.05, 0.1) is 24.5 Å². The molecule has 2 saturated heterocycles. The van der Waals surface area contributed by atoms with Crippen LogP contribution in [0.15, 0.2) is 36.7 Å². The van der Waals surface area contributed by atoms with Crippen LogP contribution in [0.25, 0.3) is 0 Å². The normalized spacial score (nSPS) is 35.3. The van der Waals surface area contributed by atoms with Gasteiger partial charge in [-0.1, -0.05) is 25.0 Å². The van der Waals surface area contributed by atoms with Gasteiger partial charge < -0.3 is 15.0 Å². The highest BCUT2D eigenvalue weighted by Crippen LogP contribution is 2.52. The Balaban J connectivity index is 1.34. The van der Waals surface area contributed by atoms with Crippen LogP contribution in [0.3, 0.4) is 0 Å². The van der Waals surface area contributed by atoms with Gasteiger partial charge in [-0.25, -0.2) is 0 Å². The Labute approximate surface area is 152 Å². The Morgan fingerprint density at radius 1 is 1.31 bits per heavy atom. The lowest BCUT2D eigenvalue weighted by atomic mass is 9.77. The molecule has 1 spiro atoms. The molecule has 0 radical (unpaired) electrons. The van der Waals surface area contributed by atoms with E-state index in [9.17, 15) is 9.59 Å². The standard InChI is InChI=1S/C20H23N3O3/c24-18(22-11-13-6-9-21-10-7-13)16-15-5-8-20(26-15)12-23(19(25)17(16)20)14-3-1-2-4-14/h5-10,14-17H,1-4,11-12H2,(H,22,24)/t15-,16+,17-,20+/m1/s1. The Morgan fingerprint density at radius 2 is 2.08 bits per heavy atom. The third kappa shape index (κ3) is 2.31. The number of fused-ring (bicyclic) bond motifs is 1. The zero-order chi connectivity index (χ0) is 17.7. The number of nitrogens with one attached hydrogen (secondary N) is 1. The van der Waals surface area contributed by atoms with Gasteiger partial charge >= 0.3 is 0 Å². The summed E-state index contributed by atoms with van der Waals surface area (Å²) in [5, 5.41) is 2.99. The van der Waals surface area contributed by atoms with Gasteiger partial charge in [-0.15, -0.1) is 0 Å². The van der Waals surface area contributed by atoms with Gasteiger partial charge in [0, 0.05) is 25.0 Å². The van der Waals surface area contributed by atoms with E-state index in [1.807, 2.05) is 29.2 Å². The smallest absolute Gasteiger partial charge is 0.230 e. The molecule has 4 heterocycles. The van der Waals surface area contributed by atoms with Gasteiger partial charge in [-0.2, -0.15) is 0 Å². The molecule has 26 heavy (non-hydrogen) atoms. The van der Waals surface area contributed by atoms with E-state index >= 15 is 0 Å².